The number of rotatable bonds is 4. The minimum absolute atomic E-state index is 0.0187. The van der Waals surface area contributed by atoms with Gasteiger partial charge in [0.25, 0.3) is 0 Å². The van der Waals surface area contributed by atoms with E-state index in [4.69, 9.17) is 10.5 Å². The summed E-state index contributed by atoms with van der Waals surface area (Å²) >= 11 is 3.24. The topological polar surface area (TPSA) is 35.2 Å². The molecule has 0 aliphatic rings. The highest BCUT2D eigenvalue weighted by atomic mass is 79.9. The van der Waals surface area contributed by atoms with E-state index in [1.165, 1.54) is 0 Å². The Labute approximate surface area is 92.9 Å². The van der Waals surface area contributed by atoms with Gasteiger partial charge in [0.1, 0.15) is 12.4 Å². The molecule has 0 radical (unpaired) electrons. The normalized spacial score (nSPS) is 12.2. The van der Waals surface area contributed by atoms with Gasteiger partial charge in [-0.15, -0.1) is 0 Å². The van der Waals surface area contributed by atoms with E-state index in [0.717, 1.165) is 15.8 Å². The number of benzene rings is 1. The summed E-state index contributed by atoms with van der Waals surface area (Å²) in [6.45, 7) is 6.10. The Bertz CT molecular complexity index is 323. The zero-order valence-electron chi connectivity index (χ0n) is 8.16. The molecular formula is C11H14BrNO. The summed E-state index contributed by atoms with van der Waals surface area (Å²) in [6, 6.07) is 7.74. The van der Waals surface area contributed by atoms with E-state index in [2.05, 4.69) is 22.5 Å². The number of para-hydroxylation sites is 1. The van der Waals surface area contributed by atoms with Crippen LogP contribution in [-0.2, 0) is 0 Å². The van der Waals surface area contributed by atoms with E-state index >= 15 is 0 Å². The van der Waals surface area contributed by atoms with E-state index in [1.54, 1.807) is 0 Å². The van der Waals surface area contributed by atoms with Gasteiger partial charge in [-0.3, -0.25) is 0 Å². The molecule has 0 fully saturated rings. The summed E-state index contributed by atoms with van der Waals surface area (Å²) in [5.41, 5.74) is 6.82. The SMILES string of the molecule is C=C(Br)COc1ccccc1C(C)N. The lowest BCUT2D eigenvalue weighted by Gasteiger charge is -2.13. The molecule has 0 aliphatic heterocycles. The first-order valence-electron chi connectivity index (χ1n) is 4.42. The summed E-state index contributed by atoms with van der Waals surface area (Å²) in [6.07, 6.45) is 0. The number of hydrogen-bond donors (Lipinski definition) is 1. The van der Waals surface area contributed by atoms with Crippen LogP contribution in [0.1, 0.15) is 18.5 Å². The van der Waals surface area contributed by atoms with Crippen molar-refractivity contribution < 1.29 is 4.74 Å². The van der Waals surface area contributed by atoms with Crippen LogP contribution < -0.4 is 10.5 Å². The Balaban J connectivity index is 2.79. The van der Waals surface area contributed by atoms with Gasteiger partial charge in [-0.2, -0.15) is 0 Å². The van der Waals surface area contributed by atoms with Gasteiger partial charge >= 0.3 is 0 Å². The maximum atomic E-state index is 5.81. The fourth-order valence-corrected chi connectivity index (χ4v) is 1.26. The highest BCUT2D eigenvalue weighted by molar-refractivity contribution is 9.11. The van der Waals surface area contributed by atoms with Gasteiger partial charge in [-0.1, -0.05) is 40.7 Å². The molecule has 0 saturated carbocycles. The van der Waals surface area contributed by atoms with Crippen molar-refractivity contribution >= 4 is 15.9 Å². The zero-order chi connectivity index (χ0) is 10.6. The van der Waals surface area contributed by atoms with E-state index in [0.29, 0.717) is 6.61 Å². The predicted octanol–water partition coefficient (Wildman–Crippen LogP) is 2.99. The highest BCUT2D eigenvalue weighted by Crippen LogP contribution is 2.23. The molecule has 2 nitrogen and oxygen atoms in total. The minimum Gasteiger partial charge on any atom is -0.488 e. The molecule has 1 aromatic rings. The van der Waals surface area contributed by atoms with Crippen LogP contribution in [0.25, 0.3) is 0 Å². The molecule has 0 aromatic heterocycles. The van der Waals surface area contributed by atoms with Crippen LogP contribution in [-0.4, -0.2) is 6.61 Å². The van der Waals surface area contributed by atoms with Crippen molar-refractivity contribution in [2.24, 2.45) is 5.73 Å². The van der Waals surface area contributed by atoms with Crippen molar-refractivity contribution in [2.75, 3.05) is 6.61 Å². The first-order valence-corrected chi connectivity index (χ1v) is 5.21. The first kappa shape index (κ1) is 11.3. The van der Waals surface area contributed by atoms with E-state index < -0.39 is 0 Å². The van der Waals surface area contributed by atoms with E-state index in [9.17, 15) is 0 Å². The van der Waals surface area contributed by atoms with Gasteiger partial charge in [0.05, 0.1) is 0 Å². The van der Waals surface area contributed by atoms with E-state index in [1.807, 2.05) is 31.2 Å². The van der Waals surface area contributed by atoms with Crippen LogP contribution in [0.3, 0.4) is 0 Å². The van der Waals surface area contributed by atoms with Gasteiger partial charge in [-0.25, -0.2) is 0 Å². The third kappa shape index (κ3) is 3.16. The predicted molar refractivity (Wildman–Crippen MR) is 62.6 cm³/mol. The first-order chi connectivity index (χ1) is 6.61. The summed E-state index contributed by atoms with van der Waals surface area (Å²) in [5.74, 6) is 0.822. The van der Waals surface area contributed by atoms with Crippen LogP contribution in [0.2, 0.25) is 0 Å². The van der Waals surface area contributed by atoms with Crippen molar-refractivity contribution in [3.8, 4) is 5.75 Å². The molecular weight excluding hydrogens is 242 g/mol. The largest absolute Gasteiger partial charge is 0.488 e. The quantitative estimate of drug-likeness (QED) is 0.898. The molecule has 76 valence electrons. The van der Waals surface area contributed by atoms with Crippen molar-refractivity contribution in [3.63, 3.8) is 0 Å². The Hall–Kier alpha value is -0.800. The maximum absolute atomic E-state index is 5.81. The fraction of sp³-hybridized carbons (Fsp3) is 0.273. The number of nitrogens with two attached hydrogens (primary N) is 1. The molecule has 0 aliphatic carbocycles. The molecule has 0 amide bonds. The Kier molecular flexibility index (Phi) is 4.17. The summed E-state index contributed by atoms with van der Waals surface area (Å²) in [7, 11) is 0. The van der Waals surface area contributed by atoms with Crippen LogP contribution in [0.4, 0.5) is 0 Å². The second kappa shape index (κ2) is 5.17. The standard InChI is InChI=1S/C11H14BrNO/c1-8(12)7-14-11-6-4-3-5-10(11)9(2)13/h3-6,9H,1,7,13H2,2H3. The summed E-state index contributed by atoms with van der Waals surface area (Å²) in [4.78, 5) is 0. The van der Waals surface area contributed by atoms with Gasteiger partial charge in [0.15, 0.2) is 0 Å². The third-order valence-electron chi connectivity index (χ3n) is 1.79. The molecule has 1 aromatic carbocycles. The Morgan fingerprint density at radius 3 is 2.79 bits per heavy atom. The third-order valence-corrected chi connectivity index (χ3v) is 2.02. The molecule has 14 heavy (non-hydrogen) atoms. The lowest BCUT2D eigenvalue weighted by molar-refractivity contribution is 0.355. The molecule has 3 heteroatoms. The van der Waals surface area contributed by atoms with Gasteiger partial charge in [0.2, 0.25) is 0 Å². The van der Waals surface area contributed by atoms with Crippen molar-refractivity contribution in [1.29, 1.82) is 0 Å². The Morgan fingerprint density at radius 2 is 2.21 bits per heavy atom. The van der Waals surface area contributed by atoms with Crippen LogP contribution >= 0.6 is 15.9 Å². The zero-order valence-corrected chi connectivity index (χ0v) is 9.75. The molecule has 0 bridgehead atoms. The highest BCUT2D eigenvalue weighted by Gasteiger charge is 2.06. The lowest BCUT2D eigenvalue weighted by atomic mass is 10.1. The van der Waals surface area contributed by atoms with Crippen LogP contribution in [0, 0.1) is 0 Å². The van der Waals surface area contributed by atoms with Crippen LogP contribution in [0.15, 0.2) is 35.3 Å². The summed E-state index contributed by atoms with van der Waals surface area (Å²) in [5, 5.41) is 0. The fourth-order valence-electron chi connectivity index (χ4n) is 1.14. The van der Waals surface area contributed by atoms with Crippen molar-refractivity contribution in [3.05, 3.63) is 40.9 Å². The molecule has 1 unspecified atom stereocenters. The molecule has 1 atom stereocenters. The average Bonchev–Trinajstić information content (AvgIpc) is 2.15. The number of ether oxygens (including phenoxy) is 1. The molecule has 1 rings (SSSR count). The van der Waals surface area contributed by atoms with Crippen molar-refractivity contribution in [1.82, 2.24) is 0 Å². The van der Waals surface area contributed by atoms with Gasteiger partial charge in [-0.05, 0) is 13.0 Å². The second-order valence-electron chi connectivity index (χ2n) is 3.13. The van der Waals surface area contributed by atoms with Crippen molar-refractivity contribution in [2.45, 2.75) is 13.0 Å². The summed E-state index contributed by atoms with van der Waals surface area (Å²) < 4.78 is 6.35. The molecule has 0 saturated heterocycles. The van der Waals surface area contributed by atoms with Crippen LogP contribution in [0.5, 0.6) is 5.75 Å². The van der Waals surface area contributed by atoms with E-state index in [-0.39, 0.29) is 6.04 Å². The number of hydrogen-bond acceptors (Lipinski definition) is 2. The molecule has 0 heterocycles. The van der Waals surface area contributed by atoms with Gasteiger partial charge < -0.3 is 10.5 Å². The lowest BCUT2D eigenvalue weighted by Crippen LogP contribution is -2.08. The monoisotopic (exact) mass is 255 g/mol. The Morgan fingerprint density at radius 1 is 1.57 bits per heavy atom. The van der Waals surface area contributed by atoms with Gasteiger partial charge in [0, 0.05) is 16.1 Å². The maximum Gasteiger partial charge on any atom is 0.124 e. The number of halogens is 1. The minimum atomic E-state index is -0.0187. The molecule has 0 spiro atoms. The smallest absolute Gasteiger partial charge is 0.124 e. The molecule has 2 N–H and O–H groups in total. The second-order valence-corrected chi connectivity index (χ2v) is 4.25. The average molecular weight is 256 g/mol.